The number of methoxy groups -OCH3 is 1. The monoisotopic (exact) mass is 677 g/mol. The Balaban J connectivity index is 1.49. The maximum Gasteiger partial charge on any atom is 0.509 e. The van der Waals surface area contributed by atoms with E-state index in [4.69, 9.17) is 29.2 Å². The van der Waals surface area contributed by atoms with Crippen LogP contribution in [0.1, 0.15) is 38.7 Å². The molecule has 0 aliphatic carbocycles. The number of carbonyl (C=O) groups is 1. The van der Waals surface area contributed by atoms with E-state index in [2.05, 4.69) is 15.0 Å². The molecule has 1 aromatic carbocycles. The Morgan fingerprint density at radius 2 is 2.04 bits per heavy atom. The normalized spacial score (nSPS) is 21.7. The molecule has 0 saturated carbocycles. The molecule has 20 heteroatoms. The molecule has 1 fully saturated rings. The molecule has 0 amide bonds. The molecule has 47 heavy (non-hydrogen) atoms. The van der Waals surface area contributed by atoms with E-state index in [1.165, 1.54) is 53.2 Å². The highest BCUT2D eigenvalue weighted by molar-refractivity contribution is 7.51. The van der Waals surface area contributed by atoms with E-state index in [1.807, 2.05) is 0 Å². The van der Waals surface area contributed by atoms with E-state index in [9.17, 15) is 29.2 Å². The summed E-state index contributed by atoms with van der Waals surface area (Å²) in [5.74, 6) is -0.171. The van der Waals surface area contributed by atoms with E-state index in [1.54, 1.807) is 33.9 Å². The van der Waals surface area contributed by atoms with Crippen LogP contribution in [0.4, 0.5) is 16.4 Å². The Morgan fingerprint density at radius 1 is 1.32 bits per heavy atom. The lowest BCUT2D eigenvalue weighted by atomic mass is 9.84. The van der Waals surface area contributed by atoms with Crippen LogP contribution in [-0.2, 0) is 35.1 Å². The van der Waals surface area contributed by atoms with Crippen molar-refractivity contribution in [3.05, 3.63) is 75.3 Å². The lowest BCUT2D eigenvalue weighted by molar-refractivity contribution is -0.746. The number of nitro benzene ring substituents is 1. The van der Waals surface area contributed by atoms with Crippen LogP contribution in [-0.4, -0.2) is 71.9 Å². The second kappa shape index (κ2) is 12.8. The smallest absolute Gasteiger partial charge is 0.425 e. The number of nitrogens with one attached hydrogen (secondary N) is 1. The number of anilines is 1. The summed E-state index contributed by atoms with van der Waals surface area (Å²) >= 11 is 0. The Labute approximate surface area is 266 Å². The number of nitrogens with two attached hydrogens (primary N) is 1. The fraction of sp³-hybridized carbons (Fsp3) is 0.444. The predicted molar refractivity (Wildman–Crippen MR) is 161 cm³/mol. The maximum absolute atomic E-state index is 13.5. The molecule has 19 nitrogen and oxygen atoms in total. The minimum atomic E-state index is -4.47. The van der Waals surface area contributed by atoms with Crippen molar-refractivity contribution in [3.63, 3.8) is 0 Å². The second-order valence-corrected chi connectivity index (χ2v) is 13.5. The molecule has 4 aromatic rings. The number of nitrogens with zero attached hydrogens (tertiary/aromatic N) is 6. The van der Waals surface area contributed by atoms with E-state index in [-0.39, 0.29) is 28.4 Å². The third kappa shape index (κ3) is 6.75. The third-order valence-corrected chi connectivity index (χ3v) is 8.77. The molecule has 0 spiro atoms. The van der Waals surface area contributed by atoms with Crippen LogP contribution in [0, 0.1) is 15.5 Å². The largest absolute Gasteiger partial charge is 0.509 e. The van der Waals surface area contributed by atoms with Gasteiger partial charge in [0.05, 0.1) is 24.1 Å². The molecule has 4 heterocycles. The van der Waals surface area contributed by atoms with Crippen LogP contribution in [0.25, 0.3) is 11.2 Å². The van der Waals surface area contributed by atoms with Gasteiger partial charge in [-0.15, -0.1) is 0 Å². The Hall–Kier alpha value is -4.68. The second-order valence-electron chi connectivity index (χ2n) is 11.8. The van der Waals surface area contributed by atoms with Gasteiger partial charge in [-0.3, -0.25) is 29.0 Å². The summed E-state index contributed by atoms with van der Waals surface area (Å²) in [5, 5.41) is 11.8. The quantitative estimate of drug-likeness (QED) is 0.0716. The Morgan fingerprint density at radius 3 is 2.68 bits per heavy atom. The van der Waals surface area contributed by atoms with Crippen molar-refractivity contribution in [1.82, 2.24) is 23.9 Å². The molecule has 4 N–H and O–H groups in total. The first kappa shape index (κ1) is 33.7. The Kier molecular flexibility index (Phi) is 9.20. The van der Waals surface area contributed by atoms with Crippen molar-refractivity contribution in [2.75, 3.05) is 19.5 Å². The molecule has 1 aliphatic rings. The molecule has 1 saturated heterocycles. The fourth-order valence-electron chi connectivity index (χ4n) is 5.37. The summed E-state index contributed by atoms with van der Waals surface area (Å²) in [6.07, 6.45) is -2.09. The zero-order valence-electron chi connectivity index (χ0n) is 26.0. The van der Waals surface area contributed by atoms with Gasteiger partial charge in [0.2, 0.25) is 11.7 Å². The number of rotatable bonds is 10. The number of aryl methyl sites for hydroxylation is 1. The van der Waals surface area contributed by atoms with Crippen molar-refractivity contribution in [2.24, 2.45) is 12.5 Å². The number of benzene rings is 1. The first-order valence-corrected chi connectivity index (χ1v) is 15.7. The summed E-state index contributed by atoms with van der Waals surface area (Å²) in [6.45, 7) is 4.61. The van der Waals surface area contributed by atoms with E-state index in [0.717, 1.165) is 10.7 Å². The van der Waals surface area contributed by atoms with Gasteiger partial charge in [0.15, 0.2) is 18.5 Å². The molecular formula is C27H34N8O11P+. The third-order valence-electron chi connectivity index (χ3n) is 7.46. The lowest BCUT2D eigenvalue weighted by Gasteiger charge is -2.31. The number of aromatic amines is 1. The molecule has 1 aliphatic heterocycles. The number of carbonyl (C=O) groups excluding carboxylic acids is 1. The van der Waals surface area contributed by atoms with Crippen LogP contribution in [0.3, 0.4) is 0 Å². The standard InChI is InChI=1S/C27H33N8O11P/c1-27(2,3)21(15-8-6-7-9-16(15)35(38)39)46-26(37)45-19-17(12-43-47(40,41)33-11-10-29-13-33)44-24(20(19)42-5)34-14-32(4)18-22(34)30-25(28)31-23(18)36/h6-11,13-14,17,19-21,24H,12H2,1-5H3,(H3-,28,30,31,36,40,41)/p+1/t17-,19+,20?,21?,24-/m1/s1. The number of nitrogen functional groups attached to an aromatic ring is 1. The van der Waals surface area contributed by atoms with Crippen LogP contribution < -0.4 is 15.9 Å². The molecular weight excluding hydrogens is 643 g/mol. The van der Waals surface area contributed by atoms with Crippen LogP contribution in [0.15, 0.2) is 54.1 Å². The number of imidazole rings is 2. The summed E-state index contributed by atoms with van der Waals surface area (Å²) in [7, 11) is -1.55. The molecule has 0 radical (unpaired) electrons. The summed E-state index contributed by atoms with van der Waals surface area (Å²) < 4.78 is 45.5. The van der Waals surface area contributed by atoms with Gasteiger partial charge in [-0.25, -0.2) is 23.2 Å². The SMILES string of the molecule is COC1[C@@H](OC(=O)OC(c2ccccc2[N+](=O)[O-])C(C)(C)C)[C@@H](COP(=O)(O)n2ccnc2)O[C@H]1[n+]1cn(C)c2c(=O)[nH]c(N)nc21. The van der Waals surface area contributed by atoms with E-state index >= 15 is 0 Å². The van der Waals surface area contributed by atoms with Gasteiger partial charge in [0, 0.05) is 31.0 Å². The van der Waals surface area contributed by atoms with E-state index < -0.39 is 67.1 Å². The first-order valence-electron chi connectivity index (χ1n) is 14.1. The zero-order chi connectivity index (χ0) is 34.3. The molecule has 252 valence electrons. The summed E-state index contributed by atoms with van der Waals surface area (Å²) in [6, 6.07) is 5.86. The highest BCUT2D eigenvalue weighted by atomic mass is 31.2. The number of hydrogen-bond donors (Lipinski definition) is 3. The van der Waals surface area contributed by atoms with Crippen molar-refractivity contribution in [2.45, 2.75) is 51.4 Å². The maximum atomic E-state index is 13.5. The molecule has 6 atom stereocenters. The van der Waals surface area contributed by atoms with Gasteiger partial charge < -0.3 is 29.6 Å². The van der Waals surface area contributed by atoms with Gasteiger partial charge in [-0.1, -0.05) is 37.9 Å². The number of ether oxygens (including phenoxy) is 4. The molecule has 3 aromatic heterocycles. The Bertz CT molecular complexity index is 1890. The molecule has 0 bridgehead atoms. The minimum absolute atomic E-state index is 0.110. The van der Waals surface area contributed by atoms with Gasteiger partial charge in [-0.2, -0.15) is 0 Å². The number of fused-ring (bicyclic) bond motifs is 1. The number of para-hydroxylation sites is 1. The van der Waals surface area contributed by atoms with Gasteiger partial charge in [0.1, 0.15) is 18.5 Å². The highest BCUT2D eigenvalue weighted by Gasteiger charge is 2.52. The van der Waals surface area contributed by atoms with Crippen LogP contribution in [0.5, 0.6) is 0 Å². The number of aromatic nitrogens is 6. The molecule has 3 unspecified atom stereocenters. The van der Waals surface area contributed by atoms with Gasteiger partial charge in [0.25, 0.3) is 17.2 Å². The fourth-order valence-corrected chi connectivity index (χ4v) is 6.26. The van der Waals surface area contributed by atoms with Crippen LogP contribution in [0.2, 0.25) is 0 Å². The average molecular weight is 678 g/mol. The van der Waals surface area contributed by atoms with Crippen molar-refractivity contribution in [3.8, 4) is 0 Å². The minimum Gasteiger partial charge on any atom is -0.425 e. The van der Waals surface area contributed by atoms with Gasteiger partial charge in [-0.05, 0) is 6.07 Å². The van der Waals surface area contributed by atoms with Crippen molar-refractivity contribution >= 4 is 36.7 Å². The zero-order valence-corrected chi connectivity index (χ0v) is 26.8. The topological polar surface area (TPSA) is 242 Å². The lowest BCUT2D eigenvalue weighted by Crippen LogP contribution is -2.48. The van der Waals surface area contributed by atoms with E-state index in [0.29, 0.717) is 0 Å². The number of hydrogen-bond acceptors (Lipinski definition) is 13. The number of H-pyrrole nitrogens is 1. The van der Waals surface area contributed by atoms with Crippen molar-refractivity contribution in [1.29, 1.82) is 0 Å². The summed E-state index contributed by atoms with van der Waals surface area (Å²) in [5.41, 5.74) is 4.61. The molecule has 5 rings (SSSR count). The first-order chi connectivity index (χ1) is 22.1. The average Bonchev–Trinajstić information content (AvgIpc) is 3.73. The van der Waals surface area contributed by atoms with Crippen molar-refractivity contribution < 1.29 is 47.2 Å². The van der Waals surface area contributed by atoms with Gasteiger partial charge >= 0.3 is 19.5 Å². The summed E-state index contributed by atoms with van der Waals surface area (Å²) in [4.78, 5) is 58.3. The number of nitro groups is 1. The van der Waals surface area contributed by atoms with Crippen LogP contribution >= 0.6 is 7.75 Å². The predicted octanol–water partition coefficient (Wildman–Crippen LogP) is 2.12. The highest BCUT2D eigenvalue weighted by Crippen LogP contribution is 2.45.